The number of hydrogen-bond donors (Lipinski definition) is 1. The molecular weight excluding hydrogens is 378 g/mol. The van der Waals surface area contributed by atoms with Gasteiger partial charge < -0.3 is 14.6 Å². The van der Waals surface area contributed by atoms with Crippen LogP contribution in [0.15, 0.2) is 58.1 Å². The maximum atomic E-state index is 5.29. The zero-order valence-electron chi connectivity index (χ0n) is 14.1. The van der Waals surface area contributed by atoms with E-state index in [0.29, 0.717) is 0 Å². The van der Waals surface area contributed by atoms with Gasteiger partial charge in [-0.1, -0.05) is 15.9 Å². The third kappa shape index (κ3) is 3.29. The third-order valence-electron chi connectivity index (χ3n) is 4.61. The summed E-state index contributed by atoms with van der Waals surface area (Å²) in [7, 11) is 1.69. The van der Waals surface area contributed by atoms with Crippen LogP contribution in [-0.2, 0) is 6.54 Å². The van der Waals surface area contributed by atoms with Gasteiger partial charge >= 0.3 is 0 Å². The summed E-state index contributed by atoms with van der Waals surface area (Å²) in [6, 6.07) is 14.5. The monoisotopic (exact) mass is 397 g/mol. The van der Waals surface area contributed by atoms with Crippen molar-refractivity contribution in [2.75, 3.05) is 18.6 Å². The molecule has 0 spiro atoms. The van der Waals surface area contributed by atoms with Gasteiger partial charge in [-0.3, -0.25) is 4.99 Å². The number of ether oxygens (including phenoxy) is 1. The number of halogens is 1. The van der Waals surface area contributed by atoms with Crippen LogP contribution in [-0.4, -0.2) is 24.5 Å². The highest BCUT2D eigenvalue weighted by Gasteiger charge is 2.19. The van der Waals surface area contributed by atoms with Gasteiger partial charge in [-0.05, 0) is 54.4 Å². The van der Waals surface area contributed by atoms with E-state index in [9.17, 15) is 0 Å². The summed E-state index contributed by atoms with van der Waals surface area (Å²) in [5, 5.41) is 1.24. The number of amidine groups is 1. The van der Waals surface area contributed by atoms with Crippen molar-refractivity contribution in [2.24, 2.45) is 4.99 Å². The second-order valence-corrected chi connectivity index (χ2v) is 7.11. The first-order chi connectivity index (χ1) is 12.2. The molecule has 0 radical (unpaired) electrons. The molecular formula is C20H20BrN3O. The molecule has 0 saturated carbocycles. The number of aromatic amines is 1. The predicted molar refractivity (Wildman–Crippen MR) is 107 cm³/mol. The van der Waals surface area contributed by atoms with E-state index in [4.69, 9.17) is 9.73 Å². The highest BCUT2D eigenvalue weighted by atomic mass is 79.9. The number of nitrogens with one attached hydrogen (secondary N) is 1. The van der Waals surface area contributed by atoms with Crippen molar-refractivity contribution in [3.8, 4) is 5.75 Å². The zero-order chi connectivity index (χ0) is 17.2. The van der Waals surface area contributed by atoms with Crippen LogP contribution in [0.25, 0.3) is 10.9 Å². The Kier molecular flexibility index (Phi) is 4.49. The fraction of sp³-hybridized carbons (Fsp3) is 0.250. The van der Waals surface area contributed by atoms with Crippen LogP contribution < -0.4 is 9.64 Å². The van der Waals surface area contributed by atoms with Gasteiger partial charge in [0.05, 0.1) is 13.7 Å². The minimum atomic E-state index is 0.793. The molecule has 2 aromatic carbocycles. The number of aliphatic imine (C=N–C) groups is 1. The molecule has 4 rings (SSSR count). The molecule has 0 unspecified atom stereocenters. The Bertz CT molecular complexity index is 914. The summed E-state index contributed by atoms with van der Waals surface area (Å²) >= 11 is 3.58. The number of H-pyrrole nitrogens is 1. The summed E-state index contributed by atoms with van der Waals surface area (Å²) in [6.07, 6.45) is 4.25. The Morgan fingerprint density at radius 1 is 1.20 bits per heavy atom. The lowest BCUT2D eigenvalue weighted by Gasteiger charge is -2.25. The maximum Gasteiger partial charge on any atom is 0.119 e. The number of nitrogens with zero attached hydrogens (tertiary/aromatic N) is 2. The summed E-state index contributed by atoms with van der Waals surface area (Å²) in [4.78, 5) is 10.4. The maximum absolute atomic E-state index is 5.29. The van der Waals surface area contributed by atoms with Gasteiger partial charge in [-0.25, -0.2) is 0 Å². The second-order valence-electron chi connectivity index (χ2n) is 6.19. The van der Waals surface area contributed by atoms with E-state index in [2.05, 4.69) is 62.3 Å². The fourth-order valence-corrected chi connectivity index (χ4v) is 3.65. The molecule has 1 aliphatic rings. The summed E-state index contributed by atoms with van der Waals surface area (Å²) in [5.41, 5.74) is 3.56. The highest BCUT2D eigenvalue weighted by molar-refractivity contribution is 9.10. The van der Waals surface area contributed by atoms with Crippen molar-refractivity contribution in [1.29, 1.82) is 0 Å². The van der Waals surface area contributed by atoms with E-state index in [-0.39, 0.29) is 0 Å². The molecule has 0 bridgehead atoms. The molecule has 5 heteroatoms. The van der Waals surface area contributed by atoms with E-state index in [0.717, 1.165) is 53.2 Å². The van der Waals surface area contributed by atoms with Crippen molar-refractivity contribution in [2.45, 2.75) is 19.4 Å². The van der Waals surface area contributed by atoms with Crippen molar-refractivity contribution < 1.29 is 4.74 Å². The van der Waals surface area contributed by atoms with Gasteiger partial charge in [0.2, 0.25) is 0 Å². The highest BCUT2D eigenvalue weighted by Crippen LogP contribution is 2.28. The van der Waals surface area contributed by atoms with Gasteiger partial charge in [0, 0.05) is 40.2 Å². The average Bonchev–Trinajstić information content (AvgIpc) is 3.30. The smallest absolute Gasteiger partial charge is 0.119 e. The molecule has 2 heterocycles. The first-order valence-corrected chi connectivity index (χ1v) is 9.24. The number of anilines is 1. The number of methoxy groups -OCH3 is 1. The van der Waals surface area contributed by atoms with Gasteiger partial charge in [0.25, 0.3) is 0 Å². The second kappa shape index (κ2) is 6.92. The molecule has 25 heavy (non-hydrogen) atoms. The molecule has 0 aliphatic carbocycles. The minimum Gasteiger partial charge on any atom is -0.497 e. The first kappa shape index (κ1) is 16.2. The molecule has 0 amide bonds. The largest absolute Gasteiger partial charge is 0.497 e. The normalized spacial score (nSPS) is 13.9. The molecule has 1 aromatic heterocycles. The van der Waals surface area contributed by atoms with Crippen molar-refractivity contribution >= 4 is 38.4 Å². The zero-order valence-corrected chi connectivity index (χ0v) is 15.7. The summed E-state index contributed by atoms with van der Waals surface area (Å²) in [5.74, 6) is 2.03. The van der Waals surface area contributed by atoms with Crippen LogP contribution in [0, 0.1) is 0 Å². The predicted octanol–water partition coefficient (Wildman–Crippen LogP) is 5.14. The van der Waals surface area contributed by atoms with Crippen molar-refractivity contribution in [1.82, 2.24) is 4.98 Å². The Hall–Kier alpha value is -2.27. The molecule has 1 N–H and O–H groups in total. The van der Waals surface area contributed by atoms with Crippen LogP contribution in [0.3, 0.4) is 0 Å². The number of fused-ring (bicyclic) bond motifs is 1. The SMILES string of the molecule is COc1ccc(N(Cc2c[nH]c3ccc(Br)cc23)C2=NCCC2)cc1. The van der Waals surface area contributed by atoms with Crippen LogP contribution in [0.2, 0.25) is 0 Å². The van der Waals surface area contributed by atoms with Crippen LogP contribution in [0.1, 0.15) is 18.4 Å². The first-order valence-electron chi connectivity index (χ1n) is 8.45. The third-order valence-corrected chi connectivity index (χ3v) is 5.10. The van der Waals surface area contributed by atoms with Crippen LogP contribution >= 0.6 is 15.9 Å². The molecule has 0 atom stereocenters. The summed E-state index contributed by atoms with van der Waals surface area (Å²) in [6.45, 7) is 1.71. The molecule has 4 nitrogen and oxygen atoms in total. The van der Waals surface area contributed by atoms with Gasteiger partial charge in [-0.15, -0.1) is 0 Å². The standard InChI is InChI=1S/C20H20BrN3O/c1-25-17-7-5-16(6-8-17)24(20-3-2-10-22-20)13-14-12-23-19-9-4-15(21)11-18(14)19/h4-9,11-12,23H,2-3,10,13H2,1H3. The minimum absolute atomic E-state index is 0.793. The number of benzene rings is 2. The molecule has 128 valence electrons. The van der Waals surface area contributed by atoms with E-state index in [1.807, 2.05) is 12.1 Å². The Morgan fingerprint density at radius 2 is 2.04 bits per heavy atom. The quantitative estimate of drug-likeness (QED) is 0.661. The Balaban J connectivity index is 1.71. The number of rotatable bonds is 4. The average molecular weight is 398 g/mol. The molecule has 0 saturated heterocycles. The molecule has 0 fully saturated rings. The number of hydrogen-bond acceptors (Lipinski definition) is 3. The van der Waals surface area contributed by atoms with E-state index in [1.54, 1.807) is 7.11 Å². The lowest BCUT2D eigenvalue weighted by molar-refractivity contribution is 0.415. The van der Waals surface area contributed by atoms with E-state index in [1.165, 1.54) is 10.9 Å². The van der Waals surface area contributed by atoms with Crippen molar-refractivity contribution in [3.05, 3.63) is 58.7 Å². The van der Waals surface area contributed by atoms with Gasteiger partial charge in [0.15, 0.2) is 0 Å². The topological polar surface area (TPSA) is 40.6 Å². The van der Waals surface area contributed by atoms with E-state index >= 15 is 0 Å². The van der Waals surface area contributed by atoms with Crippen LogP contribution in [0.5, 0.6) is 5.75 Å². The Morgan fingerprint density at radius 3 is 2.76 bits per heavy atom. The van der Waals surface area contributed by atoms with Gasteiger partial charge in [0.1, 0.15) is 11.6 Å². The van der Waals surface area contributed by atoms with Gasteiger partial charge in [-0.2, -0.15) is 0 Å². The van der Waals surface area contributed by atoms with Crippen molar-refractivity contribution in [3.63, 3.8) is 0 Å². The van der Waals surface area contributed by atoms with Crippen LogP contribution in [0.4, 0.5) is 5.69 Å². The molecule has 3 aromatic rings. The Labute approximate surface area is 155 Å². The summed E-state index contributed by atoms with van der Waals surface area (Å²) < 4.78 is 6.38. The molecule has 1 aliphatic heterocycles. The lowest BCUT2D eigenvalue weighted by Crippen LogP contribution is -2.28. The fourth-order valence-electron chi connectivity index (χ4n) is 3.29. The lowest BCUT2D eigenvalue weighted by atomic mass is 10.1. The van der Waals surface area contributed by atoms with E-state index < -0.39 is 0 Å². The number of aromatic nitrogens is 1.